The first-order valence-electron chi connectivity index (χ1n) is 11.4. The topological polar surface area (TPSA) is 123 Å². The number of amides is 1. The van der Waals surface area contributed by atoms with Gasteiger partial charge in [0.2, 0.25) is 11.9 Å². The third-order valence-electron chi connectivity index (χ3n) is 7.91. The van der Waals surface area contributed by atoms with E-state index in [0.29, 0.717) is 34.7 Å². The fourth-order valence-electron chi connectivity index (χ4n) is 5.78. The molecule has 0 radical (unpaired) electrons. The molecule has 3 saturated carbocycles. The van der Waals surface area contributed by atoms with Crippen LogP contribution in [-0.4, -0.2) is 44.8 Å². The average molecular weight is 459 g/mol. The first-order valence-corrected chi connectivity index (χ1v) is 11.8. The van der Waals surface area contributed by atoms with Crippen molar-refractivity contribution in [1.82, 2.24) is 25.1 Å². The molecular weight excluding hydrogens is 428 g/mol. The fraction of sp³-hybridized carbons (Fsp3) is 0.636. The minimum Gasteiger partial charge on any atom is -0.369 e. The molecule has 0 unspecified atom stereocenters. The van der Waals surface area contributed by atoms with E-state index in [1.807, 2.05) is 10.9 Å². The maximum atomic E-state index is 12.1. The van der Waals surface area contributed by atoms with Crippen LogP contribution in [-0.2, 0) is 4.79 Å². The Hall–Kier alpha value is -2.39. The molecule has 2 bridgehead atoms. The number of piperidine rings is 1. The lowest BCUT2D eigenvalue weighted by atomic mass is 9.45. The van der Waals surface area contributed by atoms with E-state index in [9.17, 15) is 4.79 Å². The van der Waals surface area contributed by atoms with E-state index in [-0.39, 0.29) is 23.3 Å². The standard InChI is InChI=1S/C22H31ClN8O/c1-22(2)12-7-15(19(24)32)18(16(22)8-12)29-20-17(23)10-26-21(30-20)28-13-9-27-31(11-13)14-3-5-25-6-4-14/h9-12,14-16,18,25H,3-8H2,1-2H3,(H2,24,32)(H2,26,28,29,30)/t12-,15-,16-,18-/m0/s1. The van der Waals surface area contributed by atoms with Gasteiger partial charge in [-0.15, -0.1) is 0 Å². The van der Waals surface area contributed by atoms with Gasteiger partial charge in [-0.2, -0.15) is 10.1 Å². The van der Waals surface area contributed by atoms with Crippen LogP contribution in [0, 0.1) is 23.2 Å². The SMILES string of the molecule is CC1(C)[C@H]2C[C@H](C(N)=O)[C@H](Nc3nc(Nc4cnn(C5CCNCC5)c4)ncc3Cl)[C@@H]1C2. The Labute approximate surface area is 192 Å². The zero-order valence-electron chi connectivity index (χ0n) is 18.5. The summed E-state index contributed by atoms with van der Waals surface area (Å²) in [5, 5.41) is 15.0. The maximum Gasteiger partial charge on any atom is 0.229 e. The molecule has 0 aromatic carbocycles. The maximum absolute atomic E-state index is 12.1. The summed E-state index contributed by atoms with van der Waals surface area (Å²) < 4.78 is 2.01. The lowest BCUT2D eigenvalue weighted by Gasteiger charge is -2.62. The number of nitrogens with two attached hydrogens (primary N) is 1. The number of nitrogens with one attached hydrogen (secondary N) is 3. The molecule has 1 aliphatic heterocycles. The number of nitrogens with zero attached hydrogens (tertiary/aromatic N) is 4. The van der Waals surface area contributed by atoms with Crippen molar-refractivity contribution in [1.29, 1.82) is 0 Å². The quantitative estimate of drug-likeness (QED) is 0.524. The molecule has 3 heterocycles. The molecule has 9 nitrogen and oxygen atoms in total. The molecule has 4 atom stereocenters. The van der Waals surface area contributed by atoms with Crippen LogP contribution in [0.5, 0.6) is 0 Å². The monoisotopic (exact) mass is 458 g/mol. The van der Waals surface area contributed by atoms with Gasteiger partial charge in [-0.25, -0.2) is 4.98 Å². The number of hydrogen-bond acceptors (Lipinski definition) is 7. The smallest absolute Gasteiger partial charge is 0.229 e. The molecule has 10 heteroatoms. The van der Waals surface area contributed by atoms with E-state index in [1.54, 1.807) is 12.4 Å². The third kappa shape index (κ3) is 3.81. The summed E-state index contributed by atoms with van der Waals surface area (Å²) >= 11 is 6.43. The van der Waals surface area contributed by atoms with Gasteiger partial charge in [-0.3, -0.25) is 9.48 Å². The van der Waals surface area contributed by atoms with E-state index >= 15 is 0 Å². The van der Waals surface area contributed by atoms with Crippen LogP contribution < -0.4 is 21.7 Å². The zero-order chi connectivity index (χ0) is 22.5. The molecule has 2 aromatic heterocycles. The minimum atomic E-state index is -0.262. The first-order chi connectivity index (χ1) is 15.3. The van der Waals surface area contributed by atoms with Crippen LogP contribution in [0.15, 0.2) is 18.6 Å². The minimum absolute atomic E-state index is 0.0876. The van der Waals surface area contributed by atoms with Gasteiger partial charge in [-0.1, -0.05) is 25.4 Å². The number of aromatic nitrogens is 4. The van der Waals surface area contributed by atoms with Crippen molar-refractivity contribution >= 4 is 35.0 Å². The number of anilines is 3. The van der Waals surface area contributed by atoms with Gasteiger partial charge in [0, 0.05) is 12.2 Å². The summed E-state index contributed by atoms with van der Waals surface area (Å²) in [5.74, 6) is 1.35. The van der Waals surface area contributed by atoms with E-state index in [4.69, 9.17) is 17.3 Å². The molecule has 32 heavy (non-hydrogen) atoms. The molecule has 6 rings (SSSR count). The number of rotatable bonds is 6. The van der Waals surface area contributed by atoms with Crippen LogP contribution in [0.25, 0.3) is 0 Å². The molecule has 172 valence electrons. The van der Waals surface area contributed by atoms with Crippen molar-refractivity contribution in [3.63, 3.8) is 0 Å². The highest BCUT2D eigenvalue weighted by Crippen LogP contribution is 2.61. The summed E-state index contributed by atoms with van der Waals surface area (Å²) in [5.41, 5.74) is 6.75. The van der Waals surface area contributed by atoms with E-state index in [2.05, 4.69) is 44.9 Å². The summed E-state index contributed by atoms with van der Waals surface area (Å²) in [6.45, 7) is 6.56. The number of carbonyl (C=O) groups excluding carboxylic acids is 1. The number of hydrogen-bond donors (Lipinski definition) is 4. The summed E-state index contributed by atoms with van der Waals surface area (Å²) in [7, 11) is 0. The lowest BCUT2D eigenvalue weighted by molar-refractivity contribution is -0.139. The molecule has 4 fully saturated rings. The Morgan fingerprint density at radius 2 is 2.06 bits per heavy atom. The predicted octanol–water partition coefficient (Wildman–Crippen LogP) is 2.94. The number of fused-ring (bicyclic) bond motifs is 2. The van der Waals surface area contributed by atoms with E-state index < -0.39 is 0 Å². The first kappa shape index (κ1) is 21.5. The van der Waals surface area contributed by atoms with Gasteiger partial charge in [0.1, 0.15) is 5.02 Å². The summed E-state index contributed by atoms with van der Waals surface area (Å²) in [6.07, 6.45) is 9.38. The Morgan fingerprint density at radius 1 is 1.28 bits per heavy atom. The number of carbonyl (C=O) groups is 1. The number of halogens is 1. The highest BCUT2D eigenvalue weighted by molar-refractivity contribution is 6.32. The average Bonchev–Trinajstić information content (AvgIpc) is 3.24. The van der Waals surface area contributed by atoms with Crippen molar-refractivity contribution in [2.24, 2.45) is 28.9 Å². The predicted molar refractivity (Wildman–Crippen MR) is 124 cm³/mol. The Bertz CT molecular complexity index is 1000. The van der Waals surface area contributed by atoms with Crippen LogP contribution >= 0.6 is 11.6 Å². The normalized spacial score (nSPS) is 29.2. The molecule has 3 aliphatic carbocycles. The second-order valence-electron chi connectivity index (χ2n) is 9.98. The van der Waals surface area contributed by atoms with Gasteiger partial charge in [0.05, 0.1) is 30.0 Å². The molecule has 1 amide bonds. The van der Waals surface area contributed by atoms with Crippen molar-refractivity contribution in [3.05, 3.63) is 23.6 Å². The molecule has 0 spiro atoms. The molecule has 5 N–H and O–H groups in total. The summed E-state index contributed by atoms with van der Waals surface area (Å²) in [4.78, 5) is 21.1. The Balaban J connectivity index is 1.33. The zero-order valence-corrected chi connectivity index (χ0v) is 19.3. The van der Waals surface area contributed by atoms with Crippen LogP contribution in [0.2, 0.25) is 5.02 Å². The van der Waals surface area contributed by atoms with Crippen molar-refractivity contribution in [3.8, 4) is 0 Å². The van der Waals surface area contributed by atoms with Crippen LogP contribution in [0.4, 0.5) is 17.5 Å². The Kier molecular flexibility index (Phi) is 5.49. The van der Waals surface area contributed by atoms with Crippen LogP contribution in [0.3, 0.4) is 0 Å². The van der Waals surface area contributed by atoms with E-state index in [0.717, 1.165) is 44.5 Å². The van der Waals surface area contributed by atoms with Crippen molar-refractivity contribution in [2.75, 3.05) is 23.7 Å². The molecule has 2 aromatic rings. The summed E-state index contributed by atoms with van der Waals surface area (Å²) in [6, 6.07) is 0.317. The van der Waals surface area contributed by atoms with Crippen molar-refractivity contribution < 1.29 is 4.79 Å². The fourth-order valence-corrected chi connectivity index (χ4v) is 5.93. The van der Waals surface area contributed by atoms with Crippen molar-refractivity contribution in [2.45, 2.75) is 51.6 Å². The second kappa shape index (κ2) is 8.19. The van der Waals surface area contributed by atoms with E-state index in [1.165, 1.54) is 0 Å². The van der Waals surface area contributed by atoms with Gasteiger partial charge >= 0.3 is 0 Å². The van der Waals surface area contributed by atoms with Gasteiger partial charge < -0.3 is 21.7 Å². The number of primary amides is 1. The Morgan fingerprint density at radius 3 is 2.78 bits per heavy atom. The van der Waals surface area contributed by atoms with Gasteiger partial charge in [-0.05, 0) is 56.0 Å². The molecular formula is C22H31ClN8O. The highest BCUT2D eigenvalue weighted by atomic mass is 35.5. The van der Waals surface area contributed by atoms with Gasteiger partial charge in [0.15, 0.2) is 5.82 Å². The van der Waals surface area contributed by atoms with Crippen LogP contribution in [0.1, 0.15) is 45.6 Å². The lowest BCUT2D eigenvalue weighted by Crippen LogP contribution is -2.62. The molecule has 1 saturated heterocycles. The molecule has 4 aliphatic rings. The second-order valence-corrected chi connectivity index (χ2v) is 10.4. The third-order valence-corrected chi connectivity index (χ3v) is 8.18. The highest BCUT2D eigenvalue weighted by Gasteiger charge is 2.59. The van der Waals surface area contributed by atoms with Gasteiger partial charge in [0.25, 0.3) is 0 Å². The largest absolute Gasteiger partial charge is 0.369 e.